The van der Waals surface area contributed by atoms with Crippen molar-refractivity contribution >= 4 is 15.9 Å². The Bertz CT molecular complexity index is 527. The van der Waals surface area contributed by atoms with Gasteiger partial charge in [-0.15, -0.1) is 0 Å². The molecule has 1 N–H and O–H groups in total. The lowest BCUT2D eigenvalue weighted by molar-refractivity contribution is 0.349. The molecule has 0 unspecified atom stereocenters. The van der Waals surface area contributed by atoms with Gasteiger partial charge in [0.1, 0.15) is 0 Å². The molecule has 1 heterocycles. The number of aryl methyl sites for hydroxylation is 2. The summed E-state index contributed by atoms with van der Waals surface area (Å²) in [6.45, 7) is 5.36. The Labute approximate surface area is 122 Å². The second-order valence-electron chi connectivity index (χ2n) is 5.23. The average molecular weight is 296 g/mol. The second kappa shape index (κ2) is 6.59. The van der Waals surface area contributed by atoms with E-state index in [1.807, 2.05) is 32.0 Å². The van der Waals surface area contributed by atoms with Gasteiger partial charge in [-0.05, 0) is 36.8 Å². The van der Waals surface area contributed by atoms with Crippen molar-refractivity contribution in [3.8, 4) is 0 Å². The number of hydrogen-bond acceptors (Lipinski definition) is 2. The molecule has 1 aliphatic rings. The van der Waals surface area contributed by atoms with Crippen LogP contribution < -0.4 is 4.72 Å². The van der Waals surface area contributed by atoms with E-state index in [-0.39, 0.29) is 0 Å². The van der Waals surface area contributed by atoms with Gasteiger partial charge in [-0.2, -0.15) is 12.7 Å². The van der Waals surface area contributed by atoms with Gasteiger partial charge in [0, 0.05) is 13.1 Å². The lowest BCUT2D eigenvalue weighted by Crippen LogP contribution is -2.39. The van der Waals surface area contributed by atoms with Gasteiger partial charge in [0.05, 0.1) is 5.69 Å². The van der Waals surface area contributed by atoms with Crippen LogP contribution in [0.25, 0.3) is 0 Å². The summed E-state index contributed by atoms with van der Waals surface area (Å²) in [5.74, 6) is 0. The molecule has 0 aromatic heterocycles. The van der Waals surface area contributed by atoms with E-state index in [4.69, 9.17) is 0 Å². The van der Waals surface area contributed by atoms with Crippen molar-refractivity contribution in [1.29, 1.82) is 0 Å². The zero-order chi connectivity index (χ0) is 14.6. The summed E-state index contributed by atoms with van der Waals surface area (Å²) in [4.78, 5) is 0. The molecule has 2 rings (SSSR count). The highest BCUT2D eigenvalue weighted by molar-refractivity contribution is 7.90. The molecule has 0 spiro atoms. The Morgan fingerprint density at radius 1 is 1.05 bits per heavy atom. The SMILES string of the molecule is CCc1cccc(CC)c1NS(=O)(=O)N1CCCCC1. The molecule has 5 heteroatoms. The molecule has 0 saturated carbocycles. The highest BCUT2D eigenvalue weighted by Gasteiger charge is 2.25. The molecule has 0 bridgehead atoms. The standard InChI is InChI=1S/C15H24N2O2S/c1-3-13-9-8-10-14(4-2)15(13)16-20(18,19)17-11-6-5-7-12-17/h8-10,16H,3-7,11-12H2,1-2H3. The van der Waals surface area contributed by atoms with Crippen molar-refractivity contribution in [1.82, 2.24) is 4.31 Å². The Hall–Kier alpha value is -1.07. The molecular formula is C15H24N2O2S. The lowest BCUT2D eigenvalue weighted by atomic mass is 10.0. The lowest BCUT2D eigenvalue weighted by Gasteiger charge is -2.27. The van der Waals surface area contributed by atoms with Crippen molar-refractivity contribution in [2.24, 2.45) is 0 Å². The van der Waals surface area contributed by atoms with E-state index in [1.54, 1.807) is 4.31 Å². The van der Waals surface area contributed by atoms with Crippen LogP contribution in [0, 0.1) is 0 Å². The van der Waals surface area contributed by atoms with Crippen LogP contribution in [0.5, 0.6) is 0 Å². The molecule has 1 saturated heterocycles. The molecule has 20 heavy (non-hydrogen) atoms. The normalized spacial score (nSPS) is 17.1. The van der Waals surface area contributed by atoms with Crippen LogP contribution in [0.1, 0.15) is 44.2 Å². The summed E-state index contributed by atoms with van der Waals surface area (Å²) >= 11 is 0. The third-order valence-electron chi connectivity index (χ3n) is 3.88. The Morgan fingerprint density at radius 2 is 1.60 bits per heavy atom. The third-order valence-corrected chi connectivity index (χ3v) is 5.39. The molecule has 4 nitrogen and oxygen atoms in total. The number of rotatable bonds is 5. The molecule has 112 valence electrons. The maximum Gasteiger partial charge on any atom is 0.301 e. The quantitative estimate of drug-likeness (QED) is 0.908. The van der Waals surface area contributed by atoms with Gasteiger partial charge in [0.15, 0.2) is 0 Å². The number of piperidine rings is 1. The van der Waals surface area contributed by atoms with Crippen molar-refractivity contribution in [2.45, 2.75) is 46.0 Å². The molecule has 1 aromatic carbocycles. The van der Waals surface area contributed by atoms with E-state index in [1.165, 1.54) is 0 Å². The van der Waals surface area contributed by atoms with Crippen molar-refractivity contribution < 1.29 is 8.42 Å². The van der Waals surface area contributed by atoms with Gasteiger partial charge in [0.2, 0.25) is 0 Å². The van der Waals surface area contributed by atoms with Crippen LogP contribution in [0.2, 0.25) is 0 Å². The highest BCUT2D eigenvalue weighted by Crippen LogP contribution is 2.25. The van der Waals surface area contributed by atoms with E-state index in [0.717, 1.165) is 48.9 Å². The van der Waals surface area contributed by atoms with Crippen LogP contribution in [0.15, 0.2) is 18.2 Å². The predicted octanol–water partition coefficient (Wildman–Crippen LogP) is 2.95. The summed E-state index contributed by atoms with van der Waals surface area (Å²) in [5, 5.41) is 0. The maximum atomic E-state index is 12.5. The first kappa shape index (κ1) is 15.3. The van der Waals surface area contributed by atoms with Crippen LogP contribution in [-0.2, 0) is 23.1 Å². The minimum absolute atomic E-state index is 0.630. The Balaban J connectivity index is 2.28. The second-order valence-corrected chi connectivity index (χ2v) is 6.90. The number of anilines is 1. The fourth-order valence-corrected chi connectivity index (χ4v) is 4.06. The highest BCUT2D eigenvalue weighted by atomic mass is 32.2. The first-order valence-electron chi connectivity index (χ1n) is 7.47. The maximum absolute atomic E-state index is 12.5. The number of para-hydroxylation sites is 1. The summed E-state index contributed by atoms with van der Waals surface area (Å²) in [6.07, 6.45) is 4.68. The van der Waals surface area contributed by atoms with Crippen LogP contribution in [0.4, 0.5) is 5.69 Å². The minimum Gasteiger partial charge on any atom is -0.270 e. The molecular weight excluding hydrogens is 272 g/mol. The molecule has 0 amide bonds. The zero-order valence-electron chi connectivity index (χ0n) is 12.4. The molecule has 0 aliphatic carbocycles. The van der Waals surface area contributed by atoms with E-state index in [2.05, 4.69) is 4.72 Å². The van der Waals surface area contributed by atoms with Crippen LogP contribution in [-0.4, -0.2) is 25.8 Å². The number of nitrogens with one attached hydrogen (secondary N) is 1. The minimum atomic E-state index is -3.42. The topological polar surface area (TPSA) is 49.4 Å². The summed E-state index contributed by atoms with van der Waals surface area (Å²) in [7, 11) is -3.42. The van der Waals surface area contributed by atoms with Gasteiger partial charge < -0.3 is 0 Å². The molecule has 0 radical (unpaired) electrons. The van der Waals surface area contributed by atoms with Gasteiger partial charge in [-0.25, -0.2) is 0 Å². The first-order chi connectivity index (χ1) is 9.58. The summed E-state index contributed by atoms with van der Waals surface area (Å²) in [5.41, 5.74) is 2.90. The molecule has 1 aromatic rings. The van der Waals surface area contributed by atoms with E-state index in [9.17, 15) is 8.42 Å². The summed E-state index contributed by atoms with van der Waals surface area (Å²) < 4.78 is 29.4. The Kier molecular flexibility index (Phi) is 5.05. The van der Waals surface area contributed by atoms with Gasteiger partial charge >= 0.3 is 10.2 Å². The van der Waals surface area contributed by atoms with Crippen molar-refractivity contribution in [2.75, 3.05) is 17.8 Å². The predicted molar refractivity (Wildman–Crippen MR) is 83.2 cm³/mol. The molecule has 1 aliphatic heterocycles. The smallest absolute Gasteiger partial charge is 0.270 e. The number of benzene rings is 1. The Morgan fingerprint density at radius 3 is 2.10 bits per heavy atom. The van der Waals surface area contributed by atoms with E-state index in [0.29, 0.717) is 13.1 Å². The van der Waals surface area contributed by atoms with E-state index < -0.39 is 10.2 Å². The largest absolute Gasteiger partial charge is 0.301 e. The number of nitrogens with zero attached hydrogens (tertiary/aromatic N) is 1. The van der Waals surface area contributed by atoms with Gasteiger partial charge in [-0.3, -0.25) is 4.72 Å². The van der Waals surface area contributed by atoms with Gasteiger partial charge in [0.25, 0.3) is 0 Å². The molecule has 1 fully saturated rings. The fraction of sp³-hybridized carbons (Fsp3) is 0.600. The van der Waals surface area contributed by atoms with Crippen molar-refractivity contribution in [3.05, 3.63) is 29.3 Å². The average Bonchev–Trinajstić information content (AvgIpc) is 2.48. The molecule has 0 atom stereocenters. The fourth-order valence-electron chi connectivity index (χ4n) is 2.67. The van der Waals surface area contributed by atoms with Crippen LogP contribution in [0.3, 0.4) is 0 Å². The van der Waals surface area contributed by atoms with Gasteiger partial charge in [-0.1, -0.05) is 38.5 Å². The monoisotopic (exact) mass is 296 g/mol. The van der Waals surface area contributed by atoms with Crippen LogP contribution >= 0.6 is 0 Å². The third kappa shape index (κ3) is 3.33. The van der Waals surface area contributed by atoms with Crippen molar-refractivity contribution in [3.63, 3.8) is 0 Å². The zero-order valence-corrected chi connectivity index (χ0v) is 13.2. The van der Waals surface area contributed by atoms with E-state index >= 15 is 0 Å². The first-order valence-corrected chi connectivity index (χ1v) is 8.91. The summed E-state index contributed by atoms with van der Waals surface area (Å²) in [6, 6.07) is 5.98. The number of hydrogen-bond donors (Lipinski definition) is 1.